The molecule has 6 aromatic rings. The van der Waals surface area contributed by atoms with E-state index in [1.807, 2.05) is 0 Å². The second kappa shape index (κ2) is 6.13. The highest BCUT2D eigenvalue weighted by molar-refractivity contribution is 6.10. The zero-order valence-electron chi connectivity index (χ0n) is 16.2. The summed E-state index contributed by atoms with van der Waals surface area (Å²) >= 11 is 0. The molecule has 0 atom stereocenters. The van der Waals surface area contributed by atoms with E-state index in [9.17, 15) is 0 Å². The number of hydrogen-bond acceptors (Lipinski definition) is 0. The molecular weight excluding hydrogens is 352 g/mol. The van der Waals surface area contributed by atoms with Gasteiger partial charge in [-0.3, -0.25) is 0 Å². The van der Waals surface area contributed by atoms with Gasteiger partial charge in [0.25, 0.3) is 0 Å². The quantitative estimate of drug-likeness (QED) is 0.370. The molecule has 2 aromatic heterocycles. The molecule has 0 fully saturated rings. The van der Waals surface area contributed by atoms with Gasteiger partial charge in [0.05, 0.1) is 5.35 Å². The predicted molar refractivity (Wildman–Crippen MR) is 124 cm³/mol. The summed E-state index contributed by atoms with van der Waals surface area (Å²) in [6.07, 6.45) is 2.09. The van der Waals surface area contributed by atoms with E-state index in [1.54, 1.807) is 0 Å². The SMILES string of the molecule is CCn1c2ccccc2c2cc(C=C=c3[nH]c4cccc5cccc3c54)ccc21. The summed E-state index contributed by atoms with van der Waals surface area (Å²) in [6, 6.07) is 28.2. The Morgan fingerprint density at radius 3 is 2.52 bits per heavy atom. The molecule has 1 N–H and O–H groups in total. The highest BCUT2D eigenvalue weighted by Gasteiger charge is 2.09. The van der Waals surface area contributed by atoms with Crippen LogP contribution in [0, 0.1) is 0 Å². The third-order valence-corrected chi connectivity index (χ3v) is 5.93. The molecule has 0 bridgehead atoms. The summed E-state index contributed by atoms with van der Waals surface area (Å²) in [7, 11) is 0. The van der Waals surface area contributed by atoms with Crippen molar-refractivity contribution in [1.29, 1.82) is 0 Å². The largest absolute Gasteiger partial charge is 0.348 e. The van der Waals surface area contributed by atoms with Crippen molar-refractivity contribution in [2.24, 2.45) is 0 Å². The fourth-order valence-electron chi connectivity index (χ4n) is 4.63. The molecule has 29 heavy (non-hydrogen) atoms. The van der Waals surface area contributed by atoms with E-state index in [-0.39, 0.29) is 0 Å². The molecule has 2 nitrogen and oxygen atoms in total. The number of H-pyrrole nitrogens is 1. The van der Waals surface area contributed by atoms with Crippen molar-refractivity contribution in [2.45, 2.75) is 13.5 Å². The van der Waals surface area contributed by atoms with E-state index < -0.39 is 0 Å². The second-order valence-corrected chi connectivity index (χ2v) is 7.54. The van der Waals surface area contributed by atoms with Gasteiger partial charge in [0.15, 0.2) is 0 Å². The first kappa shape index (κ1) is 16.2. The summed E-state index contributed by atoms with van der Waals surface area (Å²) in [5.41, 5.74) is 8.42. The number of hydrogen-bond donors (Lipinski definition) is 1. The van der Waals surface area contributed by atoms with Crippen LogP contribution in [0.1, 0.15) is 12.5 Å². The van der Waals surface area contributed by atoms with Crippen LogP contribution in [0.2, 0.25) is 0 Å². The third-order valence-electron chi connectivity index (χ3n) is 5.93. The Morgan fingerprint density at radius 1 is 0.828 bits per heavy atom. The third kappa shape index (κ3) is 2.37. The Morgan fingerprint density at radius 2 is 1.62 bits per heavy atom. The number of nitrogens with one attached hydrogen (secondary N) is 1. The molecule has 0 unspecified atom stereocenters. The molecule has 0 radical (unpaired) electrons. The van der Waals surface area contributed by atoms with E-state index in [4.69, 9.17) is 0 Å². The van der Waals surface area contributed by atoms with Gasteiger partial charge < -0.3 is 9.55 Å². The fraction of sp³-hybridized carbons (Fsp3) is 0.0741. The number of aromatic nitrogens is 2. The van der Waals surface area contributed by atoms with Crippen LogP contribution < -0.4 is 5.35 Å². The first-order valence-corrected chi connectivity index (χ1v) is 10.1. The van der Waals surface area contributed by atoms with Crippen molar-refractivity contribution in [1.82, 2.24) is 9.55 Å². The van der Waals surface area contributed by atoms with E-state index in [1.165, 1.54) is 38.0 Å². The van der Waals surface area contributed by atoms with Gasteiger partial charge in [-0.25, -0.2) is 0 Å². The number of rotatable bonds is 2. The molecule has 4 aromatic carbocycles. The predicted octanol–water partition coefficient (Wildman–Crippen LogP) is 6.26. The molecule has 0 saturated carbocycles. The summed E-state index contributed by atoms with van der Waals surface area (Å²) < 4.78 is 2.38. The monoisotopic (exact) mass is 372 g/mol. The topological polar surface area (TPSA) is 20.7 Å². The molecule has 0 aliphatic heterocycles. The minimum Gasteiger partial charge on any atom is -0.348 e. The maximum Gasteiger partial charge on any atom is 0.0898 e. The Hall–Kier alpha value is -3.74. The van der Waals surface area contributed by atoms with Gasteiger partial charge in [0.2, 0.25) is 0 Å². The maximum atomic E-state index is 3.53. The molecule has 0 saturated heterocycles. The minimum absolute atomic E-state index is 0.968. The van der Waals surface area contributed by atoms with Gasteiger partial charge in [0.1, 0.15) is 0 Å². The summed E-state index contributed by atoms with van der Waals surface area (Å²) in [6.45, 7) is 3.17. The highest BCUT2D eigenvalue weighted by Crippen LogP contribution is 2.30. The molecule has 0 aliphatic rings. The van der Waals surface area contributed by atoms with Crippen LogP contribution in [0.25, 0.3) is 55.3 Å². The summed E-state index contributed by atoms with van der Waals surface area (Å²) in [5, 5.41) is 7.41. The average Bonchev–Trinajstić information content (AvgIpc) is 3.29. The Labute approximate surface area is 168 Å². The molecule has 2 heteroatoms. The van der Waals surface area contributed by atoms with Crippen molar-refractivity contribution in [3.63, 3.8) is 0 Å². The number of benzene rings is 4. The van der Waals surface area contributed by atoms with Crippen LogP contribution in [0.5, 0.6) is 0 Å². The van der Waals surface area contributed by atoms with Crippen LogP contribution >= 0.6 is 0 Å². The lowest BCUT2D eigenvalue weighted by Crippen LogP contribution is -1.97. The Bertz CT molecular complexity index is 1620. The molecule has 0 spiro atoms. The zero-order valence-corrected chi connectivity index (χ0v) is 16.2. The Kier molecular flexibility index (Phi) is 3.43. The second-order valence-electron chi connectivity index (χ2n) is 7.54. The number of aromatic amines is 1. The minimum atomic E-state index is 0.968. The lowest BCUT2D eigenvalue weighted by Gasteiger charge is -2.02. The van der Waals surface area contributed by atoms with Crippen molar-refractivity contribution in [3.05, 3.63) is 89.8 Å². The fourth-order valence-corrected chi connectivity index (χ4v) is 4.63. The van der Waals surface area contributed by atoms with Crippen molar-refractivity contribution >= 4 is 55.3 Å². The van der Waals surface area contributed by atoms with Crippen molar-refractivity contribution < 1.29 is 0 Å². The van der Waals surface area contributed by atoms with Crippen LogP contribution in [-0.4, -0.2) is 9.55 Å². The van der Waals surface area contributed by atoms with Crippen molar-refractivity contribution in [2.75, 3.05) is 0 Å². The molecule has 2 heterocycles. The van der Waals surface area contributed by atoms with Crippen LogP contribution in [0.15, 0.2) is 78.9 Å². The zero-order chi connectivity index (χ0) is 19.4. The van der Waals surface area contributed by atoms with Gasteiger partial charge in [-0.05, 0) is 48.2 Å². The number of nitrogens with zero attached hydrogens (tertiary/aromatic N) is 1. The standard InChI is InChI=1S/C27H20N2/c1-2-29-25-12-4-3-9-20(25)22-17-18(14-16-26(22)29)13-15-23-21-10-5-7-19-8-6-11-24(28-23)27(19)21/h3-14,16-17,28H,2H2,1H3. The van der Waals surface area contributed by atoms with Gasteiger partial charge in [-0.15, -0.1) is 0 Å². The Balaban J connectivity index is 1.60. The summed E-state index contributed by atoms with van der Waals surface area (Å²) in [5.74, 6) is 0. The molecule has 0 amide bonds. The smallest absolute Gasteiger partial charge is 0.0898 e. The number of aryl methyl sites for hydroxylation is 1. The average molecular weight is 372 g/mol. The number of para-hydroxylation sites is 1. The maximum absolute atomic E-state index is 3.53. The van der Waals surface area contributed by atoms with Gasteiger partial charge in [-0.2, -0.15) is 0 Å². The normalized spacial score (nSPS) is 11.6. The van der Waals surface area contributed by atoms with Gasteiger partial charge in [-0.1, -0.05) is 60.3 Å². The van der Waals surface area contributed by atoms with Crippen LogP contribution in [0.3, 0.4) is 0 Å². The molecule has 0 aliphatic carbocycles. The molecule has 6 rings (SSSR count). The first-order valence-electron chi connectivity index (χ1n) is 10.1. The first-order chi connectivity index (χ1) is 14.3. The molecular formula is C27H20N2. The van der Waals surface area contributed by atoms with E-state index in [0.717, 1.165) is 23.0 Å². The van der Waals surface area contributed by atoms with Gasteiger partial charge >= 0.3 is 0 Å². The van der Waals surface area contributed by atoms with Crippen LogP contribution in [0.4, 0.5) is 0 Å². The van der Waals surface area contributed by atoms with E-state index in [0.29, 0.717) is 0 Å². The van der Waals surface area contributed by atoms with E-state index in [2.05, 4.69) is 107 Å². The lowest BCUT2D eigenvalue weighted by molar-refractivity contribution is 0.827. The summed E-state index contributed by atoms with van der Waals surface area (Å²) in [4.78, 5) is 3.53. The molecule has 138 valence electrons. The number of fused-ring (bicyclic) bond motifs is 3. The lowest BCUT2D eigenvalue weighted by atomic mass is 10.1. The van der Waals surface area contributed by atoms with Crippen molar-refractivity contribution in [3.8, 4) is 0 Å². The van der Waals surface area contributed by atoms with E-state index >= 15 is 0 Å². The van der Waals surface area contributed by atoms with Crippen LogP contribution in [-0.2, 0) is 6.54 Å². The highest BCUT2D eigenvalue weighted by atomic mass is 15.0. The van der Waals surface area contributed by atoms with Gasteiger partial charge in [0, 0.05) is 44.6 Å².